The molecule has 0 amide bonds. The highest BCUT2D eigenvalue weighted by molar-refractivity contribution is 4.57. The normalized spacial score (nSPS) is 13.5. The Hall–Kier alpha value is -0.0800. The standard InChI is InChI=1S/C8H19NO/c1-4-9-8(2)6-5-7-10-3/h8-9H,4-7H2,1-3H3. The molecule has 0 saturated carbocycles. The summed E-state index contributed by atoms with van der Waals surface area (Å²) in [6.45, 7) is 6.29. The average molecular weight is 145 g/mol. The van der Waals surface area contributed by atoms with Gasteiger partial charge in [0.15, 0.2) is 0 Å². The highest BCUT2D eigenvalue weighted by Crippen LogP contribution is 1.95. The Labute approximate surface area is 64.0 Å². The highest BCUT2D eigenvalue weighted by atomic mass is 16.5. The minimum atomic E-state index is 0.639. The molecule has 0 rings (SSSR count). The summed E-state index contributed by atoms with van der Waals surface area (Å²) >= 11 is 0. The first-order chi connectivity index (χ1) is 4.81. The Morgan fingerprint density at radius 3 is 2.70 bits per heavy atom. The first-order valence-electron chi connectivity index (χ1n) is 4.03. The van der Waals surface area contributed by atoms with Crippen LogP contribution in [0.3, 0.4) is 0 Å². The molecule has 1 unspecified atom stereocenters. The topological polar surface area (TPSA) is 21.3 Å². The molecule has 2 nitrogen and oxygen atoms in total. The molecule has 0 heterocycles. The maximum atomic E-state index is 4.94. The van der Waals surface area contributed by atoms with Crippen molar-refractivity contribution in [1.82, 2.24) is 5.32 Å². The molecule has 0 aliphatic heterocycles. The molecule has 2 heteroatoms. The van der Waals surface area contributed by atoms with Gasteiger partial charge in [-0.25, -0.2) is 0 Å². The predicted molar refractivity (Wildman–Crippen MR) is 44.2 cm³/mol. The van der Waals surface area contributed by atoms with Crippen molar-refractivity contribution >= 4 is 0 Å². The first kappa shape index (κ1) is 9.92. The summed E-state index contributed by atoms with van der Waals surface area (Å²) in [5.41, 5.74) is 0. The van der Waals surface area contributed by atoms with Gasteiger partial charge in [0.2, 0.25) is 0 Å². The molecule has 0 aromatic rings. The summed E-state index contributed by atoms with van der Waals surface area (Å²) in [7, 11) is 1.75. The van der Waals surface area contributed by atoms with Crippen molar-refractivity contribution in [1.29, 1.82) is 0 Å². The smallest absolute Gasteiger partial charge is 0.0462 e. The lowest BCUT2D eigenvalue weighted by Crippen LogP contribution is -2.25. The molecule has 0 aliphatic rings. The van der Waals surface area contributed by atoms with E-state index < -0.39 is 0 Å². The lowest BCUT2D eigenvalue weighted by molar-refractivity contribution is 0.189. The SMILES string of the molecule is CCNC(C)CCCOC. The first-order valence-corrected chi connectivity index (χ1v) is 4.03. The summed E-state index contributed by atoms with van der Waals surface area (Å²) in [6.07, 6.45) is 2.37. The van der Waals surface area contributed by atoms with Crippen LogP contribution in [-0.4, -0.2) is 26.3 Å². The van der Waals surface area contributed by atoms with Gasteiger partial charge in [0.05, 0.1) is 0 Å². The Morgan fingerprint density at radius 2 is 2.20 bits per heavy atom. The monoisotopic (exact) mass is 145 g/mol. The fraction of sp³-hybridized carbons (Fsp3) is 1.00. The second-order valence-corrected chi connectivity index (χ2v) is 2.59. The number of hydrogen-bond donors (Lipinski definition) is 1. The molecule has 0 radical (unpaired) electrons. The van der Waals surface area contributed by atoms with E-state index >= 15 is 0 Å². The van der Waals surface area contributed by atoms with E-state index in [1.165, 1.54) is 6.42 Å². The van der Waals surface area contributed by atoms with Crippen molar-refractivity contribution in [2.75, 3.05) is 20.3 Å². The second-order valence-electron chi connectivity index (χ2n) is 2.59. The Morgan fingerprint density at radius 1 is 1.50 bits per heavy atom. The summed E-state index contributed by atoms with van der Waals surface area (Å²) < 4.78 is 4.94. The summed E-state index contributed by atoms with van der Waals surface area (Å²) in [5, 5.41) is 3.35. The van der Waals surface area contributed by atoms with E-state index in [1.54, 1.807) is 7.11 Å². The zero-order chi connectivity index (χ0) is 7.82. The van der Waals surface area contributed by atoms with Crippen LogP contribution >= 0.6 is 0 Å². The van der Waals surface area contributed by atoms with E-state index in [1.807, 2.05) is 0 Å². The molecule has 0 aromatic heterocycles. The molecule has 0 saturated heterocycles. The molecule has 0 aromatic carbocycles. The molecule has 0 spiro atoms. The third-order valence-electron chi connectivity index (χ3n) is 1.54. The average Bonchev–Trinajstić information content (AvgIpc) is 1.89. The van der Waals surface area contributed by atoms with Crippen LogP contribution in [0.4, 0.5) is 0 Å². The van der Waals surface area contributed by atoms with Gasteiger partial charge < -0.3 is 10.1 Å². The molecule has 10 heavy (non-hydrogen) atoms. The Kier molecular flexibility index (Phi) is 6.98. The minimum Gasteiger partial charge on any atom is -0.385 e. The third-order valence-corrected chi connectivity index (χ3v) is 1.54. The Bertz CT molecular complexity index is 66.3. The van der Waals surface area contributed by atoms with E-state index in [4.69, 9.17) is 4.74 Å². The number of rotatable bonds is 6. The number of methoxy groups -OCH3 is 1. The van der Waals surface area contributed by atoms with Crippen molar-refractivity contribution < 1.29 is 4.74 Å². The third kappa shape index (κ3) is 6.05. The lowest BCUT2D eigenvalue weighted by atomic mass is 10.2. The zero-order valence-electron chi connectivity index (χ0n) is 7.31. The zero-order valence-corrected chi connectivity index (χ0v) is 7.31. The van der Waals surface area contributed by atoms with Gasteiger partial charge in [-0.1, -0.05) is 6.92 Å². The van der Waals surface area contributed by atoms with Gasteiger partial charge in [-0.2, -0.15) is 0 Å². The summed E-state index contributed by atoms with van der Waals surface area (Å²) in [5.74, 6) is 0. The lowest BCUT2D eigenvalue weighted by Gasteiger charge is -2.10. The molecule has 0 aliphatic carbocycles. The second kappa shape index (κ2) is 7.03. The van der Waals surface area contributed by atoms with Crippen LogP contribution in [0.15, 0.2) is 0 Å². The minimum absolute atomic E-state index is 0.639. The van der Waals surface area contributed by atoms with Crippen molar-refractivity contribution in [3.8, 4) is 0 Å². The predicted octanol–water partition coefficient (Wildman–Crippen LogP) is 1.41. The maximum Gasteiger partial charge on any atom is 0.0462 e. The molecule has 0 fully saturated rings. The molecular weight excluding hydrogens is 126 g/mol. The molecule has 1 atom stereocenters. The fourth-order valence-electron chi connectivity index (χ4n) is 0.984. The molecular formula is C8H19NO. The van der Waals surface area contributed by atoms with Crippen molar-refractivity contribution in [2.24, 2.45) is 0 Å². The van der Waals surface area contributed by atoms with Crippen molar-refractivity contribution in [3.63, 3.8) is 0 Å². The number of hydrogen-bond acceptors (Lipinski definition) is 2. The number of nitrogens with one attached hydrogen (secondary N) is 1. The fourth-order valence-corrected chi connectivity index (χ4v) is 0.984. The van der Waals surface area contributed by atoms with Crippen LogP contribution in [0.2, 0.25) is 0 Å². The van der Waals surface area contributed by atoms with E-state index in [2.05, 4.69) is 19.2 Å². The molecule has 1 N–H and O–H groups in total. The van der Waals surface area contributed by atoms with Crippen molar-refractivity contribution in [3.05, 3.63) is 0 Å². The number of ether oxygens (including phenoxy) is 1. The Balaban J connectivity index is 2.97. The largest absolute Gasteiger partial charge is 0.385 e. The summed E-state index contributed by atoms with van der Waals surface area (Å²) in [4.78, 5) is 0. The summed E-state index contributed by atoms with van der Waals surface area (Å²) in [6, 6.07) is 0.639. The molecule has 62 valence electrons. The van der Waals surface area contributed by atoms with Gasteiger partial charge in [-0.3, -0.25) is 0 Å². The highest BCUT2D eigenvalue weighted by Gasteiger charge is 1.97. The van der Waals surface area contributed by atoms with E-state index in [-0.39, 0.29) is 0 Å². The van der Waals surface area contributed by atoms with E-state index in [0.29, 0.717) is 6.04 Å². The maximum absolute atomic E-state index is 4.94. The van der Waals surface area contributed by atoms with Gasteiger partial charge in [0.1, 0.15) is 0 Å². The van der Waals surface area contributed by atoms with Crippen LogP contribution in [-0.2, 0) is 4.74 Å². The van der Waals surface area contributed by atoms with E-state index in [0.717, 1.165) is 19.6 Å². The quantitative estimate of drug-likeness (QED) is 0.571. The molecule has 0 bridgehead atoms. The van der Waals surface area contributed by atoms with Gasteiger partial charge in [-0.05, 0) is 26.3 Å². The van der Waals surface area contributed by atoms with Crippen LogP contribution < -0.4 is 5.32 Å². The van der Waals surface area contributed by atoms with Crippen LogP contribution in [0, 0.1) is 0 Å². The van der Waals surface area contributed by atoms with Gasteiger partial charge in [0.25, 0.3) is 0 Å². The van der Waals surface area contributed by atoms with Crippen LogP contribution in [0.1, 0.15) is 26.7 Å². The van der Waals surface area contributed by atoms with Gasteiger partial charge >= 0.3 is 0 Å². The van der Waals surface area contributed by atoms with Gasteiger partial charge in [-0.15, -0.1) is 0 Å². The van der Waals surface area contributed by atoms with Gasteiger partial charge in [0, 0.05) is 19.8 Å². The van der Waals surface area contributed by atoms with E-state index in [9.17, 15) is 0 Å². The van der Waals surface area contributed by atoms with Crippen LogP contribution in [0.25, 0.3) is 0 Å². The van der Waals surface area contributed by atoms with Crippen molar-refractivity contribution in [2.45, 2.75) is 32.7 Å². The van der Waals surface area contributed by atoms with Crippen LogP contribution in [0.5, 0.6) is 0 Å².